The number of hydrogen-bond donors (Lipinski definition) is 4. The Hall–Kier alpha value is -3.42. The average molecular weight is 384 g/mol. The van der Waals surface area contributed by atoms with Crippen molar-refractivity contribution in [2.24, 2.45) is 0 Å². The summed E-state index contributed by atoms with van der Waals surface area (Å²) in [7, 11) is 0. The monoisotopic (exact) mass is 384 g/mol. The molecular formula is C20H21FN4O3. The minimum Gasteiger partial charge on any atom is -0.352 e. The number of nitrogens with one attached hydrogen (secondary N) is 4. The molecule has 146 valence electrons. The Morgan fingerprint density at radius 1 is 1.04 bits per heavy atom. The summed E-state index contributed by atoms with van der Waals surface area (Å²) in [6, 6.07) is 5.39. The van der Waals surface area contributed by atoms with Crippen LogP contribution in [0.15, 0.2) is 24.3 Å². The predicted molar refractivity (Wildman–Crippen MR) is 105 cm³/mol. The van der Waals surface area contributed by atoms with Gasteiger partial charge in [-0.2, -0.15) is 0 Å². The van der Waals surface area contributed by atoms with Crippen LogP contribution in [0.5, 0.6) is 0 Å². The third-order valence-electron chi connectivity index (χ3n) is 4.46. The summed E-state index contributed by atoms with van der Waals surface area (Å²) in [6.45, 7) is 5.50. The number of carbonyl (C=O) groups excluding carboxylic acids is 3. The molecule has 0 aliphatic carbocycles. The number of benzene rings is 2. The molecule has 4 N–H and O–H groups in total. The number of aryl methyl sites for hydroxylation is 2. The summed E-state index contributed by atoms with van der Waals surface area (Å²) >= 11 is 0. The molecule has 1 aliphatic rings. The van der Waals surface area contributed by atoms with Crippen LogP contribution in [-0.2, 0) is 11.2 Å². The molecule has 7 nitrogen and oxygen atoms in total. The van der Waals surface area contributed by atoms with Crippen molar-refractivity contribution in [3.8, 4) is 0 Å². The van der Waals surface area contributed by atoms with E-state index in [1.807, 2.05) is 13.8 Å². The van der Waals surface area contributed by atoms with Gasteiger partial charge in [-0.1, -0.05) is 0 Å². The van der Waals surface area contributed by atoms with E-state index in [4.69, 9.17) is 0 Å². The molecule has 8 heteroatoms. The number of amides is 4. The van der Waals surface area contributed by atoms with E-state index >= 15 is 0 Å². The number of fused-ring (bicyclic) bond motifs is 1. The third kappa shape index (κ3) is 4.11. The molecule has 0 aromatic heterocycles. The molecule has 0 unspecified atom stereocenters. The number of urea groups is 1. The molecule has 1 aliphatic heterocycles. The Kier molecular flexibility index (Phi) is 5.30. The van der Waals surface area contributed by atoms with Gasteiger partial charge in [-0.05, 0) is 61.2 Å². The SMILES string of the molecule is CC(=O)Nc1c(C)cc(NC(=O)Nc2cc3c(cc2F)CCNC3=O)cc1C. The van der Waals surface area contributed by atoms with Crippen molar-refractivity contribution in [1.29, 1.82) is 0 Å². The fourth-order valence-electron chi connectivity index (χ4n) is 3.23. The van der Waals surface area contributed by atoms with Crippen LogP contribution in [0, 0.1) is 19.7 Å². The van der Waals surface area contributed by atoms with Crippen LogP contribution in [-0.4, -0.2) is 24.4 Å². The highest BCUT2D eigenvalue weighted by Gasteiger charge is 2.20. The van der Waals surface area contributed by atoms with E-state index in [9.17, 15) is 18.8 Å². The van der Waals surface area contributed by atoms with Crippen molar-refractivity contribution in [2.75, 3.05) is 22.5 Å². The van der Waals surface area contributed by atoms with Gasteiger partial charge < -0.3 is 21.3 Å². The van der Waals surface area contributed by atoms with E-state index in [1.54, 1.807) is 12.1 Å². The van der Waals surface area contributed by atoms with Gasteiger partial charge in [-0.15, -0.1) is 0 Å². The van der Waals surface area contributed by atoms with Crippen LogP contribution in [0.25, 0.3) is 0 Å². The van der Waals surface area contributed by atoms with E-state index in [0.717, 1.165) is 11.1 Å². The maximum absolute atomic E-state index is 14.3. The fourth-order valence-corrected chi connectivity index (χ4v) is 3.23. The second kappa shape index (κ2) is 7.67. The normalized spacial score (nSPS) is 12.6. The summed E-state index contributed by atoms with van der Waals surface area (Å²) in [4.78, 5) is 35.5. The smallest absolute Gasteiger partial charge is 0.323 e. The number of rotatable bonds is 3. The maximum atomic E-state index is 14.3. The summed E-state index contributed by atoms with van der Waals surface area (Å²) < 4.78 is 14.3. The van der Waals surface area contributed by atoms with Crippen LogP contribution in [0.1, 0.15) is 34.0 Å². The molecule has 0 spiro atoms. The van der Waals surface area contributed by atoms with Crippen molar-refractivity contribution in [3.05, 3.63) is 52.3 Å². The van der Waals surface area contributed by atoms with Gasteiger partial charge in [-0.3, -0.25) is 9.59 Å². The number of anilines is 3. The lowest BCUT2D eigenvalue weighted by atomic mass is 9.99. The van der Waals surface area contributed by atoms with Gasteiger partial charge in [0.25, 0.3) is 5.91 Å². The zero-order valence-corrected chi connectivity index (χ0v) is 15.8. The van der Waals surface area contributed by atoms with Crippen LogP contribution < -0.4 is 21.3 Å². The summed E-state index contributed by atoms with van der Waals surface area (Å²) in [5.74, 6) is -1.07. The Morgan fingerprint density at radius 2 is 1.71 bits per heavy atom. The van der Waals surface area contributed by atoms with E-state index in [0.29, 0.717) is 35.5 Å². The van der Waals surface area contributed by atoms with Crippen molar-refractivity contribution < 1.29 is 18.8 Å². The van der Waals surface area contributed by atoms with E-state index in [2.05, 4.69) is 21.3 Å². The topological polar surface area (TPSA) is 99.3 Å². The third-order valence-corrected chi connectivity index (χ3v) is 4.46. The summed E-state index contributed by atoms with van der Waals surface area (Å²) in [5, 5.41) is 10.5. The summed E-state index contributed by atoms with van der Waals surface area (Å²) in [5.41, 5.74) is 3.64. The number of carbonyl (C=O) groups is 3. The van der Waals surface area contributed by atoms with Gasteiger partial charge in [0, 0.05) is 30.4 Å². The first-order valence-corrected chi connectivity index (χ1v) is 8.82. The van der Waals surface area contributed by atoms with Crippen LogP contribution in [0.3, 0.4) is 0 Å². The van der Waals surface area contributed by atoms with Crippen LogP contribution in [0.2, 0.25) is 0 Å². The highest BCUT2D eigenvalue weighted by molar-refractivity contribution is 6.02. The minimum atomic E-state index is -0.638. The lowest BCUT2D eigenvalue weighted by molar-refractivity contribution is -0.114. The maximum Gasteiger partial charge on any atom is 0.323 e. The zero-order chi connectivity index (χ0) is 20.4. The molecule has 28 heavy (non-hydrogen) atoms. The Balaban J connectivity index is 1.77. The van der Waals surface area contributed by atoms with Gasteiger partial charge >= 0.3 is 6.03 Å². The Morgan fingerprint density at radius 3 is 2.36 bits per heavy atom. The quantitative estimate of drug-likeness (QED) is 0.653. The standard InChI is InChI=1S/C20H21FN4O3/c1-10-6-14(7-11(2)18(10)23-12(3)26)24-20(28)25-17-9-15-13(8-16(17)21)4-5-22-19(15)27/h6-9H,4-5H2,1-3H3,(H,22,27)(H,23,26)(H2,24,25,28). The number of halogens is 1. The van der Waals surface area contributed by atoms with E-state index < -0.39 is 11.8 Å². The second-order valence-electron chi connectivity index (χ2n) is 6.74. The molecular weight excluding hydrogens is 363 g/mol. The van der Waals surface area contributed by atoms with E-state index in [-0.39, 0.29) is 17.5 Å². The molecule has 0 radical (unpaired) electrons. The molecule has 2 aromatic carbocycles. The molecule has 3 rings (SSSR count). The van der Waals surface area contributed by atoms with Crippen molar-refractivity contribution in [2.45, 2.75) is 27.2 Å². The van der Waals surface area contributed by atoms with Gasteiger partial charge in [0.2, 0.25) is 5.91 Å². The van der Waals surface area contributed by atoms with Gasteiger partial charge in [0.05, 0.1) is 5.69 Å². The first-order chi connectivity index (χ1) is 13.2. The van der Waals surface area contributed by atoms with Crippen molar-refractivity contribution >= 4 is 34.9 Å². The minimum absolute atomic E-state index is 0.0726. The van der Waals surface area contributed by atoms with E-state index in [1.165, 1.54) is 19.1 Å². The average Bonchev–Trinajstić information content (AvgIpc) is 2.59. The first-order valence-electron chi connectivity index (χ1n) is 8.82. The predicted octanol–water partition coefficient (Wildman–Crippen LogP) is 3.33. The van der Waals surface area contributed by atoms with Gasteiger partial charge in [-0.25, -0.2) is 9.18 Å². The molecule has 0 saturated carbocycles. The lowest BCUT2D eigenvalue weighted by Gasteiger charge is -2.18. The molecule has 4 amide bonds. The zero-order valence-electron chi connectivity index (χ0n) is 15.8. The van der Waals surface area contributed by atoms with Crippen molar-refractivity contribution in [1.82, 2.24) is 5.32 Å². The van der Waals surface area contributed by atoms with Crippen LogP contribution in [0.4, 0.5) is 26.2 Å². The lowest BCUT2D eigenvalue weighted by Crippen LogP contribution is -2.32. The fraction of sp³-hybridized carbons (Fsp3) is 0.250. The molecule has 0 saturated heterocycles. The largest absolute Gasteiger partial charge is 0.352 e. The Bertz CT molecular complexity index is 965. The van der Waals surface area contributed by atoms with Crippen LogP contribution >= 0.6 is 0 Å². The van der Waals surface area contributed by atoms with Gasteiger partial charge in [0.15, 0.2) is 0 Å². The molecule has 0 atom stereocenters. The van der Waals surface area contributed by atoms with Crippen molar-refractivity contribution in [3.63, 3.8) is 0 Å². The Labute approximate surface area is 161 Å². The highest BCUT2D eigenvalue weighted by atomic mass is 19.1. The number of hydrogen-bond acceptors (Lipinski definition) is 3. The summed E-state index contributed by atoms with van der Waals surface area (Å²) in [6.07, 6.45) is 0.545. The van der Waals surface area contributed by atoms with Gasteiger partial charge in [0.1, 0.15) is 5.82 Å². The molecule has 0 fully saturated rings. The first kappa shape index (κ1) is 19.3. The molecule has 2 aromatic rings. The second-order valence-corrected chi connectivity index (χ2v) is 6.74. The molecule has 1 heterocycles. The highest BCUT2D eigenvalue weighted by Crippen LogP contribution is 2.26. The molecule has 0 bridgehead atoms.